The van der Waals surface area contributed by atoms with Gasteiger partial charge in [0, 0.05) is 31.2 Å². The highest BCUT2D eigenvalue weighted by molar-refractivity contribution is 6.33. The number of aliphatic hydroxyl groups is 2. The summed E-state index contributed by atoms with van der Waals surface area (Å²) >= 11 is 6.35. The van der Waals surface area contributed by atoms with Crippen molar-refractivity contribution in [1.82, 2.24) is 25.5 Å². The molecule has 4 N–H and O–H groups in total. The number of nitrogens with one attached hydrogen (secondary N) is 2. The largest absolute Gasteiger partial charge is 0.387 e. The number of anilines is 1. The third-order valence-corrected chi connectivity index (χ3v) is 6.15. The van der Waals surface area contributed by atoms with Crippen LogP contribution in [0.2, 0.25) is 5.02 Å². The fourth-order valence-corrected chi connectivity index (χ4v) is 3.89. The number of piperazine rings is 1. The SMILES string of the molecule is CC(C)(O)[C@@](C)(O)[C@@H]1CN(c2nc(-c3[nH]nc4ncccc34)c(F)cc2Cl)CCN1. The van der Waals surface area contributed by atoms with E-state index >= 15 is 0 Å². The smallest absolute Gasteiger partial charge is 0.181 e. The molecule has 160 valence electrons. The van der Waals surface area contributed by atoms with E-state index in [9.17, 15) is 14.6 Å². The topological polar surface area (TPSA) is 110 Å². The molecule has 0 saturated carbocycles. The van der Waals surface area contributed by atoms with Gasteiger partial charge in [-0.15, -0.1) is 0 Å². The van der Waals surface area contributed by atoms with E-state index in [0.29, 0.717) is 42.2 Å². The van der Waals surface area contributed by atoms with E-state index in [1.807, 2.05) is 4.90 Å². The lowest BCUT2D eigenvalue weighted by atomic mass is 9.80. The monoisotopic (exact) mass is 434 g/mol. The van der Waals surface area contributed by atoms with Gasteiger partial charge in [0.25, 0.3) is 0 Å². The van der Waals surface area contributed by atoms with E-state index in [1.54, 1.807) is 39.1 Å². The first-order chi connectivity index (χ1) is 14.1. The molecule has 0 aliphatic carbocycles. The second-order valence-electron chi connectivity index (χ2n) is 8.26. The van der Waals surface area contributed by atoms with Crippen molar-refractivity contribution in [3.05, 3.63) is 35.2 Å². The van der Waals surface area contributed by atoms with Crippen molar-refractivity contribution >= 4 is 28.5 Å². The van der Waals surface area contributed by atoms with Gasteiger partial charge in [0.1, 0.15) is 17.1 Å². The minimum absolute atomic E-state index is 0.0919. The fraction of sp³-hybridized carbons (Fsp3) is 0.450. The summed E-state index contributed by atoms with van der Waals surface area (Å²) in [6.45, 7) is 6.14. The number of aromatic amines is 1. The minimum atomic E-state index is -1.41. The normalized spacial score (nSPS) is 19.8. The lowest BCUT2D eigenvalue weighted by Crippen LogP contribution is -2.67. The molecule has 0 spiro atoms. The summed E-state index contributed by atoms with van der Waals surface area (Å²) in [7, 11) is 0. The first-order valence-electron chi connectivity index (χ1n) is 9.68. The van der Waals surface area contributed by atoms with Crippen LogP contribution in [0.5, 0.6) is 0 Å². The molecule has 1 fully saturated rings. The molecule has 3 aromatic rings. The molecule has 8 nitrogen and oxygen atoms in total. The zero-order valence-electron chi connectivity index (χ0n) is 16.9. The van der Waals surface area contributed by atoms with Gasteiger partial charge >= 0.3 is 0 Å². The molecular weight excluding hydrogens is 411 g/mol. The Morgan fingerprint density at radius 2 is 2.07 bits per heavy atom. The molecule has 30 heavy (non-hydrogen) atoms. The maximum atomic E-state index is 14.8. The van der Waals surface area contributed by atoms with E-state index in [-0.39, 0.29) is 10.7 Å². The molecule has 4 rings (SSSR count). The number of fused-ring (bicyclic) bond motifs is 1. The van der Waals surface area contributed by atoms with Crippen LogP contribution in [0.1, 0.15) is 20.8 Å². The van der Waals surface area contributed by atoms with Gasteiger partial charge in [-0.05, 0) is 39.0 Å². The van der Waals surface area contributed by atoms with Crippen LogP contribution in [0.4, 0.5) is 10.2 Å². The van der Waals surface area contributed by atoms with Crippen molar-refractivity contribution in [1.29, 1.82) is 0 Å². The lowest BCUT2D eigenvalue weighted by molar-refractivity contribution is -0.138. The Hall–Kier alpha value is -2.33. The van der Waals surface area contributed by atoms with Gasteiger partial charge in [-0.3, -0.25) is 5.10 Å². The van der Waals surface area contributed by atoms with Crippen molar-refractivity contribution < 1.29 is 14.6 Å². The number of aromatic nitrogens is 4. The first-order valence-corrected chi connectivity index (χ1v) is 10.1. The second kappa shape index (κ2) is 7.42. The zero-order valence-corrected chi connectivity index (χ0v) is 17.7. The molecule has 4 heterocycles. The zero-order chi connectivity index (χ0) is 21.7. The molecule has 0 radical (unpaired) electrons. The van der Waals surface area contributed by atoms with Gasteiger partial charge in [0.2, 0.25) is 0 Å². The van der Waals surface area contributed by atoms with Gasteiger partial charge in [-0.25, -0.2) is 14.4 Å². The molecule has 2 atom stereocenters. The van der Waals surface area contributed by atoms with Gasteiger partial charge in [-0.1, -0.05) is 11.6 Å². The highest BCUT2D eigenvalue weighted by Gasteiger charge is 2.46. The Balaban J connectivity index is 1.72. The molecule has 0 bridgehead atoms. The van der Waals surface area contributed by atoms with Crippen LogP contribution >= 0.6 is 11.6 Å². The minimum Gasteiger partial charge on any atom is -0.387 e. The second-order valence-corrected chi connectivity index (χ2v) is 8.66. The van der Waals surface area contributed by atoms with Crippen LogP contribution in [0.3, 0.4) is 0 Å². The van der Waals surface area contributed by atoms with Gasteiger partial charge in [0.05, 0.1) is 22.4 Å². The fourth-order valence-electron chi connectivity index (χ4n) is 3.63. The molecule has 1 saturated heterocycles. The molecule has 0 aromatic carbocycles. The number of pyridine rings is 2. The quantitative estimate of drug-likeness (QED) is 0.497. The number of H-pyrrole nitrogens is 1. The molecule has 10 heteroatoms. The lowest BCUT2D eigenvalue weighted by Gasteiger charge is -2.46. The summed E-state index contributed by atoms with van der Waals surface area (Å²) in [5, 5.41) is 32.3. The van der Waals surface area contributed by atoms with E-state index in [0.717, 1.165) is 0 Å². The Bertz CT molecular complexity index is 1080. The molecule has 3 aromatic heterocycles. The highest BCUT2D eigenvalue weighted by atomic mass is 35.5. The van der Waals surface area contributed by atoms with Gasteiger partial charge < -0.3 is 20.4 Å². The number of hydrogen-bond donors (Lipinski definition) is 4. The highest BCUT2D eigenvalue weighted by Crippen LogP contribution is 2.34. The Kier molecular flexibility index (Phi) is 5.17. The predicted octanol–water partition coefficient (Wildman–Crippen LogP) is 2.11. The standard InChI is InChI=1S/C20H24ClFN6O2/c1-19(2,29)20(3,30)14-10-28(8-7-23-14)18-12(21)9-13(22)16(25-18)15-11-5-4-6-24-17(11)27-26-15/h4-6,9,14,23,29-30H,7-8,10H2,1-3H3,(H,24,26,27)/t14-,20-/m0/s1. The predicted molar refractivity (Wildman–Crippen MR) is 113 cm³/mol. The van der Waals surface area contributed by atoms with Crippen molar-refractivity contribution in [3.8, 4) is 11.4 Å². The summed E-state index contributed by atoms with van der Waals surface area (Å²) < 4.78 is 14.8. The Morgan fingerprint density at radius 3 is 2.80 bits per heavy atom. The van der Waals surface area contributed by atoms with Crippen LogP contribution in [0, 0.1) is 5.82 Å². The first kappa shape index (κ1) is 20.9. The van der Waals surface area contributed by atoms with Crippen molar-refractivity contribution in [3.63, 3.8) is 0 Å². The van der Waals surface area contributed by atoms with E-state index < -0.39 is 23.1 Å². The number of rotatable bonds is 4. The summed E-state index contributed by atoms with van der Waals surface area (Å²) in [5.74, 6) is -0.175. The maximum Gasteiger partial charge on any atom is 0.181 e. The van der Waals surface area contributed by atoms with E-state index in [1.165, 1.54) is 6.07 Å². The van der Waals surface area contributed by atoms with Crippen LogP contribution in [0.25, 0.3) is 22.4 Å². The van der Waals surface area contributed by atoms with Crippen molar-refractivity contribution in [2.45, 2.75) is 38.0 Å². The third kappa shape index (κ3) is 3.51. The van der Waals surface area contributed by atoms with Crippen LogP contribution < -0.4 is 10.2 Å². The third-order valence-electron chi connectivity index (χ3n) is 5.87. The summed E-state index contributed by atoms with van der Waals surface area (Å²) in [6, 6.07) is 4.32. The number of halogens is 2. The van der Waals surface area contributed by atoms with Crippen molar-refractivity contribution in [2.75, 3.05) is 24.5 Å². The summed E-state index contributed by atoms with van der Waals surface area (Å²) in [4.78, 5) is 10.6. The molecule has 0 unspecified atom stereocenters. The van der Waals surface area contributed by atoms with Crippen LogP contribution in [0.15, 0.2) is 24.4 Å². The maximum absolute atomic E-state index is 14.8. The molecule has 0 amide bonds. The van der Waals surface area contributed by atoms with Gasteiger partial charge in [0.15, 0.2) is 11.5 Å². The van der Waals surface area contributed by atoms with E-state index in [2.05, 4.69) is 25.5 Å². The number of nitrogens with zero attached hydrogens (tertiary/aromatic N) is 4. The average Bonchev–Trinajstić information content (AvgIpc) is 3.11. The average molecular weight is 435 g/mol. The van der Waals surface area contributed by atoms with Crippen LogP contribution in [-0.4, -0.2) is 67.3 Å². The molecule has 1 aliphatic rings. The van der Waals surface area contributed by atoms with Crippen molar-refractivity contribution in [2.24, 2.45) is 0 Å². The Morgan fingerprint density at radius 1 is 1.30 bits per heavy atom. The summed E-state index contributed by atoms with van der Waals surface area (Å²) in [6.07, 6.45) is 1.61. The van der Waals surface area contributed by atoms with E-state index in [4.69, 9.17) is 11.6 Å². The Labute approximate surface area is 178 Å². The molecular formula is C20H24ClFN6O2. The number of hydrogen-bond acceptors (Lipinski definition) is 7. The van der Waals surface area contributed by atoms with Crippen LogP contribution in [-0.2, 0) is 0 Å². The molecule has 1 aliphatic heterocycles. The summed E-state index contributed by atoms with van der Waals surface area (Å²) in [5.41, 5.74) is -1.76. The van der Waals surface area contributed by atoms with Gasteiger partial charge in [-0.2, -0.15) is 5.10 Å².